The van der Waals surface area contributed by atoms with Crippen LogP contribution < -0.4 is 11.1 Å². The Bertz CT molecular complexity index is 200. The zero-order valence-electron chi connectivity index (χ0n) is 7.41. The van der Waals surface area contributed by atoms with Crippen LogP contribution in [0.4, 0.5) is 0 Å². The number of ether oxygens (including phenoxy) is 1. The number of primary amides is 1. The number of carbonyl (C=O) groups excluding carboxylic acids is 2. The van der Waals surface area contributed by atoms with E-state index in [1.54, 1.807) is 0 Å². The molecule has 0 spiro atoms. The van der Waals surface area contributed by atoms with E-state index in [-0.39, 0.29) is 18.5 Å². The molecule has 0 atom stereocenters. The van der Waals surface area contributed by atoms with Crippen molar-refractivity contribution in [1.29, 1.82) is 0 Å². The van der Waals surface area contributed by atoms with Crippen LogP contribution in [0.5, 0.6) is 0 Å². The first-order chi connectivity index (χ1) is 6.20. The Hall–Kier alpha value is -1.10. The summed E-state index contributed by atoms with van der Waals surface area (Å²) in [5, 5.41) is 3.14. The molecule has 1 heterocycles. The lowest BCUT2D eigenvalue weighted by Gasteiger charge is -2.20. The molecule has 1 fully saturated rings. The van der Waals surface area contributed by atoms with Crippen LogP contribution in [0.2, 0.25) is 0 Å². The van der Waals surface area contributed by atoms with Crippen LogP contribution in [0.25, 0.3) is 0 Å². The van der Waals surface area contributed by atoms with Crippen molar-refractivity contribution in [2.75, 3.05) is 19.7 Å². The van der Waals surface area contributed by atoms with E-state index < -0.39 is 5.91 Å². The standard InChI is InChI=1S/C8H14N2O3/c9-7(11)5-13-8(12)6-1-3-10-4-2-6/h6,10H,1-5H2,(H2,9,11). The van der Waals surface area contributed by atoms with Crippen LogP contribution in [-0.4, -0.2) is 31.6 Å². The van der Waals surface area contributed by atoms with E-state index in [9.17, 15) is 9.59 Å². The third-order valence-electron chi connectivity index (χ3n) is 2.03. The van der Waals surface area contributed by atoms with Crippen molar-refractivity contribution in [3.8, 4) is 0 Å². The zero-order valence-corrected chi connectivity index (χ0v) is 7.41. The normalized spacial score (nSPS) is 18.2. The largest absolute Gasteiger partial charge is 0.455 e. The Morgan fingerprint density at radius 3 is 2.54 bits per heavy atom. The van der Waals surface area contributed by atoms with Gasteiger partial charge in [0.2, 0.25) is 0 Å². The number of hydrogen-bond donors (Lipinski definition) is 2. The second kappa shape index (κ2) is 4.81. The Balaban J connectivity index is 2.25. The van der Waals surface area contributed by atoms with Gasteiger partial charge in [0.05, 0.1) is 5.92 Å². The summed E-state index contributed by atoms with van der Waals surface area (Å²) in [6, 6.07) is 0. The molecule has 1 saturated heterocycles. The van der Waals surface area contributed by atoms with E-state index in [0.29, 0.717) is 0 Å². The van der Waals surface area contributed by atoms with Gasteiger partial charge in [0, 0.05) is 0 Å². The van der Waals surface area contributed by atoms with Crippen molar-refractivity contribution in [3.05, 3.63) is 0 Å². The van der Waals surface area contributed by atoms with Gasteiger partial charge in [-0.1, -0.05) is 0 Å². The summed E-state index contributed by atoms with van der Waals surface area (Å²) in [6.45, 7) is 1.36. The highest BCUT2D eigenvalue weighted by Crippen LogP contribution is 2.12. The summed E-state index contributed by atoms with van der Waals surface area (Å²) in [4.78, 5) is 21.6. The molecule has 0 aromatic rings. The third kappa shape index (κ3) is 3.42. The molecule has 1 aliphatic heterocycles. The minimum Gasteiger partial charge on any atom is -0.455 e. The first kappa shape index (κ1) is 9.98. The highest BCUT2D eigenvalue weighted by Gasteiger charge is 2.22. The molecule has 1 amide bonds. The van der Waals surface area contributed by atoms with Gasteiger partial charge in [0.25, 0.3) is 5.91 Å². The van der Waals surface area contributed by atoms with Crippen LogP contribution in [0, 0.1) is 5.92 Å². The molecule has 5 nitrogen and oxygen atoms in total. The van der Waals surface area contributed by atoms with Crippen molar-refractivity contribution < 1.29 is 14.3 Å². The van der Waals surface area contributed by atoms with Crippen molar-refractivity contribution in [2.24, 2.45) is 11.7 Å². The molecule has 1 aliphatic rings. The van der Waals surface area contributed by atoms with Gasteiger partial charge >= 0.3 is 5.97 Å². The predicted molar refractivity (Wildman–Crippen MR) is 45.7 cm³/mol. The van der Waals surface area contributed by atoms with Crippen LogP contribution in [0.1, 0.15) is 12.8 Å². The summed E-state index contributed by atoms with van der Waals surface area (Å²) in [5.41, 5.74) is 4.84. The average molecular weight is 186 g/mol. The summed E-state index contributed by atoms with van der Waals surface area (Å²) in [7, 11) is 0. The van der Waals surface area contributed by atoms with Gasteiger partial charge in [-0.15, -0.1) is 0 Å². The van der Waals surface area contributed by atoms with Crippen LogP contribution in [-0.2, 0) is 14.3 Å². The van der Waals surface area contributed by atoms with Crippen molar-refractivity contribution in [1.82, 2.24) is 5.32 Å². The van der Waals surface area contributed by atoms with Crippen molar-refractivity contribution in [2.45, 2.75) is 12.8 Å². The molecule has 0 bridgehead atoms. The summed E-state index contributed by atoms with van der Waals surface area (Å²) >= 11 is 0. The molecule has 0 aromatic heterocycles. The number of carbonyl (C=O) groups is 2. The van der Waals surface area contributed by atoms with E-state index in [4.69, 9.17) is 10.5 Å². The quantitative estimate of drug-likeness (QED) is 0.555. The third-order valence-corrected chi connectivity index (χ3v) is 2.03. The molecule has 74 valence electrons. The number of nitrogens with two attached hydrogens (primary N) is 1. The minimum atomic E-state index is -0.609. The molecule has 0 aliphatic carbocycles. The van der Waals surface area contributed by atoms with Crippen LogP contribution in [0.15, 0.2) is 0 Å². The zero-order chi connectivity index (χ0) is 9.68. The second-order valence-corrected chi connectivity index (χ2v) is 3.10. The number of amides is 1. The molecule has 0 saturated carbocycles. The van der Waals surface area contributed by atoms with Crippen molar-refractivity contribution in [3.63, 3.8) is 0 Å². The first-order valence-electron chi connectivity index (χ1n) is 4.36. The lowest BCUT2D eigenvalue weighted by molar-refractivity contribution is -0.152. The van der Waals surface area contributed by atoms with Gasteiger partial charge in [0.15, 0.2) is 6.61 Å². The molecule has 13 heavy (non-hydrogen) atoms. The first-order valence-corrected chi connectivity index (χ1v) is 4.36. The smallest absolute Gasteiger partial charge is 0.309 e. The molecular weight excluding hydrogens is 172 g/mol. The van der Waals surface area contributed by atoms with Gasteiger partial charge in [-0.05, 0) is 25.9 Å². The SMILES string of the molecule is NC(=O)COC(=O)C1CCNCC1. The topological polar surface area (TPSA) is 81.4 Å². The number of hydrogen-bond acceptors (Lipinski definition) is 4. The second-order valence-electron chi connectivity index (χ2n) is 3.10. The fraction of sp³-hybridized carbons (Fsp3) is 0.750. The fourth-order valence-electron chi connectivity index (χ4n) is 1.32. The Morgan fingerprint density at radius 1 is 1.38 bits per heavy atom. The number of esters is 1. The predicted octanol–water partition coefficient (Wildman–Crippen LogP) is -0.985. The molecule has 0 aromatic carbocycles. The lowest BCUT2D eigenvalue weighted by atomic mass is 9.99. The summed E-state index contributed by atoms with van der Waals surface area (Å²) < 4.78 is 4.70. The van der Waals surface area contributed by atoms with E-state index in [1.165, 1.54) is 0 Å². The highest BCUT2D eigenvalue weighted by atomic mass is 16.5. The van der Waals surface area contributed by atoms with Crippen molar-refractivity contribution >= 4 is 11.9 Å². The molecular formula is C8H14N2O3. The maximum Gasteiger partial charge on any atom is 0.309 e. The van der Waals surface area contributed by atoms with Gasteiger partial charge in [-0.2, -0.15) is 0 Å². The fourth-order valence-corrected chi connectivity index (χ4v) is 1.32. The van der Waals surface area contributed by atoms with E-state index in [0.717, 1.165) is 25.9 Å². The molecule has 3 N–H and O–H groups in total. The maximum atomic E-state index is 11.2. The van der Waals surface area contributed by atoms with Gasteiger partial charge < -0.3 is 15.8 Å². The van der Waals surface area contributed by atoms with Crippen LogP contribution >= 0.6 is 0 Å². The Kier molecular flexibility index (Phi) is 3.70. The van der Waals surface area contributed by atoms with E-state index in [1.807, 2.05) is 0 Å². The lowest BCUT2D eigenvalue weighted by Crippen LogP contribution is -2.34. The number of nitrogens with one attached hydrogen (secondary N) is 1. The van der Waals surface area contributed by atoms with Gasteiger partial charge in [0.1, 0.15) is 0 Å². The highest BCUT2D eigenvalue weighted by molar-refractivity contribution is 5.79. The monoisotopic (exact) mass is 186 g/mol. The van der Waals surface area contributed by atoms with Gasteiger partial charge in [-0.3, -0.25) is 9.59 Å². The number of piperidine rings is 1. The molecule has 0 radical (unpaired) electrons. The Labute approximate surface area is 76.6 Å². The van der Waals surface area contributed by atoms with Gasteiger partial charge in [-0.25, -0.2) is 0 Å². The maximum absolute atomic E-state index is 11.2. The van der Waals surface area contributed by atoms with E-state index >= 15 is 0 Å². The molecule has 1 rings (SSSR count). The van der Waals surface area contributed by atoms with E-state index in [2.05, 4.69) is 5.32 Å². The molecule has 5 heteroatoms. The minimum absolute atomic E-state index is 0.0689. The van der Waals surface area contributed by atoms with Crippen LogP contribution in [0.3, 0.4) is 0 Å². The Morgan fingerprint density at radius 2 is 2.00 bits per heavy atom. The molecule has 0 unspecified atom stereocenters. The summed E-state index contributed by atoms with van der Waals surface area (Å²) in [5.74, 6) is -0.983. The summed E-state index contributed by atoms with van der Waals surface area (Å²) in [6.07, 6.45) is 1.55. The average Bonchev–Trinajstić information content (AvgIpc) is 2.15. The number of rotatable bonds is 3.